The van der Waals surface area contributed by atoms with Crippen molar-refractivity contribution in [2.45, 2.75) is 19.3 Å². The van der Waals surface area contributed by atoms with Crippen molar-refractivity contribution in [2.75, 3.05) is 19.6 Å². The van der Waals surface area contributed by atoms with Gasteiger partial charge in [0.05, 0.1) is 0 Å². The lowest BCUT2D eigenvalue weighted by atomic mass is 9.98. The van der Waals surface area contributed by atoms with Crippen LogP contribution in [0.4, 0.5) is 0 Å². The topological polar surface area (TPSA) is 67.2 Å². The molecule has 34 heavy (non-hydrogen) atoms. The zero-order valence-corrected chi connectivity index (χ0v) is 20.3. The molecule has 2 aromatic carbocycles. The summed E-state index contributed by atoms with van der Waals surface area (Å²) in [5, 5.41) is 8.00. The number of pyridine rings is 1. The summed E-state index contributed by atoms with van der Waals surface area (Å²) in [7, 11) is 0. The average Bonchev–Trinajstić information content (AvgIpc) is 3.28. The first-order chi connectivity index (χ1) is 16.2. The van der Waals surface area contributed by atoms with Crippen molar-refractivity contribution in [3.8, 4) is 11.3 Å². The van der Waals surface area contributed by atoms with Gasteiger partial charge in [-0.1, -0.05) is 48.0 Å². The van der Waals surface area contributed by atoms with E-state index < -0.39 is 0 Å². The predicted octanol–water partition coefficient (Wildman–Crippen LogP) is 5.89. The Morgan fingerprint density at radius 1 is 1.06 bits per heavy atom. The number of amides is 1. The van der Waals surface area contributed by atoms with E-state index in [1.54, 1.807) is 6.07 Å². The normalized spacial score (nSPS) is 14.0. The summed E-state index contributed by atoms with van der Waals surface area (Å²) in [6, 6.07) is 21.4. The molecule has 0 spiro atoms. The summed E-state index contributed by atoms with van der Waals surface area (Å²) in [6.07, 6.45) is 2.70. The number of furan rings is 1. The molecule has 0 aliphatic carbocycles. The van der Waals surface area contributed by atoms with Crippen molar-refractivity contribution < 1.29 is 9.21 Å². The Morgan fingerprint density at radius 2 is 1.85 bits per heavy atom. The number of halogens is 2. The minimum atomic E-state index is -0.129. The molecular weight excluding hydrogens is 469 g/mol. The molecule has 0 atom stereocenters. The van der Waals surface area contributed by atoms with Crippen LogP contribution in [0, 0.1) is 5.92 Å². The van der Waals surface area contributed by atoms with Crippen LogP contribution in [-0.4, -0.2) is 30.5 Å². The second-order valence-electron chi connectivity index (χ2n) is 8.55. The third-order valence-corrected chi connectivity index (χ3v) is 6.36. The van der Waals surface area contributed by atoms with Crippen molar-refractivity contribution in [3.63, 3.8) is 0 Å². The number of carbonyl (C=O) groups excluding carboxylic acids is 1. The van der Waals surface area contributed by atoms with E-state index in [0.717, 1.165) is 59.5 Å². The van der Waals surface area contributed by atoms with E-state index in [1.165, 1.54) is 0 Å². The average molecular weight is 496 g/mol. The third kappa shape index (κ3) is 5.61. The fraction of sp³-hybridized carbons (Fsp3) is 0.259. The van der Waals surface area contributed by atoms with E-state index in [2.05, 4.69) is 15.6 Å². The molecule has 1 aliphatic heterocycles. The molecule has 1 amide bonds. The van der Waals surface area contributed by atoms with Gasteiger partial charge in [-0.05, 0) is 62.2 Å². The van der Waals surface area contributed by atoms with E-state index in [-0.39, 0.29) is 18.3 Å². The quantitative estimate of drug-likeness (QED) is 0.349. The molecule has 2 N–H and O–H groups in total. The lowest BCUT2D eigenvalue weighted by Crippen LogP contribution is -2.36. The molecule has 3 heterocycles. The Hall–Kier alpha value is -2.86. The van der Waals surface area contributed by atoms with Crippen LogP contribution in [0.25, 0.3) is 22.3 Å². The van der Waals surface area contributed by atoms with Crippen LogP contribution in [0.5, 0.6) is 0 Å². The lowest BCUT2D eigenvalue weighted by Gasteiger charge is -2.22. The summed E-state index contributed by atoms with van der Waals surface area (Å²) in [5.74, 6) is 1.19. The monoisotopic (exact) mass is 495 g/mol. The van der Waals surface area contributed by atoms with Crippen LogP contribution < -0.4 is 10.6 Å². The summed E-state index contributed by atoms with van der Waals surface area (Å²) in [5.41, 5.74) is 3.98. The van der Waals surface area contributed by atoms with Crippen LogP contribution in [0.1, 0.15) is 34.6 Å². The van der Waals surface area contributed by atoms with Crippen molar-refractivity contribution >= 4 is 40.9 Å². The SMILES string of the molecule is Cl.O=C(NCC1CCNCC1)c1cccc(Cc2cc(Cl)cc3cc(-c4ccccc4)oc23)n1. The van der Waals surface area contributed by atoms with E-state index >= 15 is 0 Å². The number of fused-ring (bicyclic) bond motifs is 1. The summed E-state index contributed by atoms with van der Waals surface area (Å²) < 4.78 is 6.23. The zero-order valence-electron chi connectivity index (χ0n) is 18.7. The number of benzene rings is 2. The Labute approximate surface area is 210 Å². The molecular formula is C27H27Cl2N3O2. The summed E-state index contributed by atoms with van der Waals surface area (Å²) in [6.45, 7) is 2.72. The van der Waals surface area contributed by atoms with E-state index in [1.807, 2.05) is 60.7 Å². The molecule has 0 unspecified atom stereocenters. The van der Waals surface area contributed by atoms with Crippen LogP contribution in [-0.2, 0) is 6.42 Å². The maximum atomic E-state index is 12.7. The van der Waals surface area contributed by atoms with Gasteiger partial charge in [0.2, 0.25) is 0 Å². The summed E-state index contributed by atoms with van der Waals surface area (Å²) in [4.78, 5) is 17.3. The number of hydrogen-bond acceptors (Lipinski definition) is 4. The van der Waals surface area contributed by atoms with Crippen LogP contribution in [0.3, 0.4) is 0 Å². The standard InChI is InChI=1S/C27H26ClN3O2.ClH/c28-22-13-20(26-21(14-22)16-25(33-26)19-5-2-1-3-6-19)15-23-7-4-8-24(31-23)27(32)30-17-18-9-11-29-12-10-18;/h1-8,13-14,16,18,29H,9-12,15,17H2,(H,30,32);1H. The van der Waals surface area contributed by atoms with Gasteiger partial charge in [0.15, 0.2) is 0 Å². The Balaban J connectivity index is 0.00000274. The smallest absolute Gasteiger partial charge is 0.269 e. The first-order valence-corrected chi connectivity index (χ1v) is 11.8. The van der Waals surface area contributed by atoms with Gasteiger partial charge in [-0.3, -0.25) is 4.79 Å². The van der Waals surface area contributed by atoms with Crippen LogP contribution in [0.15, 0.2) is 71.1 Å². The Morgan fingerprint density at radius 3 is 2.65 bits per heavy atom. The highest BCUT2D eigenvalue weighted by atomic mass is 35.5. The number of aromatic nitrogens is 1. The molecule has 4 aromatic rings. The van der Waals surface area contributed by atoms with Crippen LogP contribution >= 0.6 is 24.0 Å². The number of nitrogens with zero attached hydrogens (tertiary/aromatic N) is 1. The highest BCUT2D eigenvalue weighted by molar-refractivity contribution is 6.31. The van der Waals surface area contributed by atoms with Crippen molar-refractivity contribution in [2.24, 2.45) is 5.92 Å². The molecule has 7 heteroatoms. The molecule has 5 nitrogen and oxygen atoms in total. The molecule has 1 saturated heterocycles. The molecule has 0 radical (unpaired) electrons. The van der Waals surface area contributed by atoms with Gasteiger partial charge >= 0.3 is 0 Å². The maximum Gasteiger partial charge on any atom is 0.269 e. The number of carbonyl (C=O) groups is 1. The molecule has 5 rings (SSSR count). The number of hydrogen-bond donors (Lipinski definition) is 2. The second kappa shape index (κ2) is 11.0. The highest BCUT2D eigenvalue weighted by Gasteiger charge is 2.16. The Kier molecular flexibility index (Phi) is 7.88. The van der Waals surface area contributed by atoms with Gasteiger partial charge in [-0.15, -0.1) is 12.4 Å². The predicted molar refractivity (Wildman–Crippen MR) is 139 cm³/mol. The fourth-order valence-corrected chi connectivity index (χ4v) is 4.62. The van der Waals surface area contributed by atoms with Gasteiger partial charge < -0.3 is 15.1 Å². The molecule has 1 fully saturated rings. The lowest BCUT2D eigenvalue weighted by molar-refractivity contribution is 0.0939. The third-order valence-electron chi connectivity index (χ3n) is 6.14. The Bertz CT molecular complexity index is 1270. The molecule has 0 saturated carbocycles. The van der Waals surface area contributed by atoms with Gasteiger partial charge in [0.25, 0.3) is 5.91 Å². The van der Waals surface area contributed by atoms with E-state index in [9.17, 15) is 4.79 Å². The molecule has 176 valence electrons. The van der Waals surface area contributed by atoms with E-state index in [4.69, 9.17) is 16.0 Å². The first kappa shape index (κ1) is 24.3. The second-order valence-corrected chi connectivity index (χ2v) is 8.99. The molecule has 0 bridgehead atoms. The van der Waals surface area contributed by atoms with Gasteiger partial charge in [-0.2, -0.15) is 0 Å². The molecule has 1 aliphatic rings. The van der Waals surface area contributed by atoms with Gasteiger partial charge in [0.1, 0.15) is 17.0 Å². The first-order valence-electron chi connectivity index (χ1n) is 11.4. The number of rotatable bonds is 6. The molecule has 2 aromatic heterocycles. The minimum Gasteiger partial charge on any atom is -0.456 e. The van der Waals surface area contributed by atoms with Gasteiger partial charge in [-0.25, -0.2) is 4.98 Å². The van der Waals surface area contributed by atoms with Crippen molar-refractivity contribution in [1.29, 1.82) is 0 Å². The van der Waals surface area contributed by atoms with Gasteiger partial charge in [0, 0.05) is 40.2 Å². The fourth-order valence-electron chi connectivity index (χ4n) is 4.37. The number of piperidine rings is 1. The minimum absolute atomic E-state index is 0. The van der Waals surface area contributed by atoms with Crippen molar-refractivity contribution in [1.82, 2.24) is 15.6 Å². The number of nitrogens with one attached hydrogen (secondary N) is 2. The highest BCUT2D eigenvalue weighted by Crippen LogP contribution is 2.33. The zero-order chi connectivity index (χ0) is 22.6. The maximum absolute atomic E-state index is 12.7. The summed E-state index contributed by atoms with van der Waals surface area (Å²) >= 11 is 6.41. The largest absolute Gasteiger partial charge is 0.456 e. The van der Waals surface area contributed by atoms with E-state index in [0.29, 0.717) is 29.6 Å². The van der Waals surface area contributed by atoms with Crippen molar-refractivity contribution in [3.05, 3.63) is 88.7 Å². The van der Waals surface area contributed by atoms with Crippen LogP contribution in [0.2, 0.25) is 5.02 Å².